The molecule has 6 aromatic rings. The maximum absolute atomic E-state index is 6.94. The van der Waals surface area contributed by atoms with Gasteiger partial charge in [-0.1, -0.05) is 121 Å². The number of benzene rings is 6. The molecule has 2 heteroatoms. The van der Waals surface area contributed by atoms with E-state index < -0.39 is 0 Å². The van der Waals surface area contributed by atoms with Gasteiger partial charge in [0.1, 0.15) is 0 Å². The summed E-state index contributed by atoms with van der Waals surface area (Å²) in [7, 11) is 6.94. The van der Waals surface area contributed by atoms with E-state index in [1.54, 1.807) is 4.81 Å². The molecule has 0 spiro atoms. The standard InChI is InChI=1S/C36H26BN/c37-38(35-23-31(27-13-5-1-6-14-27)21-32(24-35)28-15-7-2-8-16-28)36-25-33(29-17-9-3-10-18-29)22-34(26-36)30-19-11-4-12-20-30/h1-26H. The Hall–Kier alpha value is -4.82. The van der Waals surface area contributed by atoms with Gasteiger partial charge in [0.25, 0.3) is 0 Å². The van der Waals surface area contributed by atoms with E-state index in [4.69, 9.17) is 7.98 Å². The highest BCUT2D eigenvalue weighted by molar-refractivity contribution is 6.23. The normalized spacial score (nSPS) is 10.7. The summed E-state index contributed by atoms with van der Waals surface area (Å²) >= 11 is 0. The predicted octanol–water partition coefficient (Wildman–Crippen LogP) is 9.58. The molecule has 0 saturated carbocycles. The van der Waals surface area contributed by atoms with Crippen LogP contribution in [0.25, 0.3) is 44.5 Å². The molecule has 0 unspecified atom stereocenters. The molecular weight excluding hydrogens is 457 g/mol. The highest BCUT2D eigenvalue weighted by Crippen LogP contribution is 2.37. The van der Waals surface area contributed by atoms with Crippen LogP contribution in [0.2, 0.25) is 0 Å². The van der Waals surface area contributed by atoms with Crippen LogP contribution in [-0.2, 0) is 0 Å². The summed E-state index contributed by atoms with van der Waals surface area (Å²) in [6.07, 6.45) is 0. The molecule has 2 radical (unpaired) electrons. The molecule has 38 heavy (non-hydrogen) atoms. The van der Waals surface area contributed by atoms with E-state index in [0.29, 0.717) is 0 Å². The van der Waals surface area contributed by atoms with Crippen molar-refractivity contribution in [1.29, 1.82) is 0 Å². The van der Waals surface area contributed by atoms with Crippen molar-refractivity contribution in [3.05, 3.63) is 158 Å². The first-order chi connectivity index (χ1) is 18.7. The van der Waals surface area contributed by atoms with Gasteiger partial charge in [0.15, 0.2) is 0 Å². The van der Waals surface area contributed by atoms with Crippen molar-refractivity contribution in [2.24, 2.45) is 0 Å². The van der Waals surface area contributed by atoms with E-state index in [9.17, 15) is 0 Å². The highest BCUT2D eigenvalue weighted by atomic mass is 15.0. The molecule has 0 N–H and O–H groups in total. The second-order valence-corrected chi connectivity index (χ2v) is 9.37. The van der Waals surface area contributed by atoms with Crippen molar-refractivity contribution < 1.29 is 0 Å². The Balaban J connectivity index is 1.51. The summed E-state index contributed by atoms with van der Waals surface area (Å²) in [6, 6.07) is 55.0. The largest absolute Gasteiger partial charge is 0.398 e. The minimum absolute atomic E-state index is 0.925. The monoisotopic (exact) mass is 483 g/mol. The quantitative estimate of drug-likeness (QED) is 0.213. The van der Waals surface area contributed by atoms with E-state index in [0.717, 1.165) is 55.9 Å². The molecule has 0 bridgehead atoms. The molecule has 0 fully saturated rings. The van der Waals surface area contributed by atoms with Crippen molar-refractivity contribution >= 4 is 19.4 Å². The zero-order valence-corrected chi connectivity index (χ0v) is 21.0. The molecule has 1 nitrogen and oxygen atoms in total. The van der Waals surface area contributed by atoms with Crippen molar-refractivity contribution in [1.82, 2.24) is 0 Å². The van der Waals surface area contributed by atoms with Crippen LogP contribution in [0.3, 0.4) is 0 Å². The average Bonchev–Trinajstić information content (AvgIpc) is 3.02. The van der Waals surface area contributed by atoms with Crippen LogP contribution in [0.4, 0.5) is 11.4 Å². The zero-order valence-electron chi connectivity index (χ0n) is 21.0. The first-order valence-electron chi connectivity index (χ1n) is 12.8. The van der Waals surface area contributed by atoms with E-state index in [2.05, 4.69) is 133 Å². The van der Waals surface area contributed by atoms with E-state index >= 15 is 0 Å². The number of nitrogens with zero attached hydrogens (tertiary/aromatic N) is 1. The fourth-order valence-electron chi connectivity index (χ4n) is 4.84. The maximum Gasteiger partial charge on any atom is 0.234 e. The summed E-state index contributed by atoms with van der Waals surface area (Å²) in [5, 5.41) is 0. The SMILES string of the molecule is [B]N(c1cc(-c2ccccc2)cc(-c2ccccc2)c1)c1cc(-c2ccccc2)cc(-c2ccccc2)c1. The maximum atomic E-state index is 6.94. The molecule has 0 aliphatic carbocycles. The third-order valence-corrected chi connectivity index (χ3v) is 6.82. The third kappa shape index (κ3) is 5.03. The lowest BCUT2D eigenvalue weighted by Gasteiger charge is -2.24. The predicted molar refractivity (Wildman–Crippen MR) is 163 cm³/mol. The number of hydrogen-bond donors (Lipinski definition) is 0. The Labute approximate surface area is 226 Å². The molecule has 6 aromatic carbocycles. The second kappa shape index (κ2) is 10.7. The Morgan fingerprint density at radius 3 is 0.763 bits per heavy atom. The molecule has 0 heterocycles. The second-order valence-electron chi connectivity index (χ2n) is 9.37. The van der Waals surface area contributed by atoms with Crippen LogP contribution < -0.4 is 4.81 Å². The van der Waals surface area contributed by atoms with Gasteiger partial charge in [-0.05, 0) is 80.9 Å². The van der Waals surface area contributed by atoms with Crippen molar-refractivity contribution in [2.45, 2.75) is 0 Å². The van der Waals surface area contributed by atoms with Gasteiger partial charge in [0.05, 0.1) is 0 Å². The van der Waals surface area contributed by atoms with Crippen LogP contribution in [0, 0.1) is 0 Å². The summed E-state index contributed by atoms with van der Waals surface area (Å²) < 4.78 is 0. The lowest BCUT2D eigenvalue weighted by molar-refractivity contribution is 1.41. The molecule has 0 aliphatic rings. The number of rotatable bonds is 6. The van der Waals surface area contributed by atoms with Gasteiger partial charge in [0.2, 0.25) is 7.98 Å². The first-order valence-corrected chi connectivity index (χ1v) is 12.8. The lowest BCUT2D eigenvalue weighted by atomic mass is 9.95. The molecule has 0 amide bonds. The third-order valence-electron chi connectivity index (χ3n) is 6.82. The van der Waals surface area contributed by atoms with Gasteiger partial charge in [-0.3, -0.25) is 0 Å². The fourth-order valence-corrected chi connectivity index (χ4v) is 4.84. The van der Waals surface area contributed by atoms with Crippen molar-refractivity contribution in [3.8, 4) is 44.5 Å². The van der Waals surface area contributed by atoms with E-state index in [-0.39, 0.29) is 0 Å². The average molecular weight is 483 g/mol. The molecule has 0 atom stereocenters. The lowest BCUT2D eigenvalue weighted by Crippen LogP contribution is -2.12. The smallest absolute Gasteiger partial charge is 0.234 e. The van der Waals surface area contributed by atoms with Gasteiger partial charge < -0.3 is 4.81 Å². The summed E-state index contributed by atoms with van der Waals surface area (Å²) in [4.78, 5) is 1.80. The van der Waals surface area contributed by atoms with Crippen LogP contribution >= 0.6 is 0 Å². The topological polar surface area (TPSA) is 3.24 Å². The molecular formula is C36H26BN. The Morgan fingerprint density at radius 2 is 0.526 bits per heavy atom. The molecule has 178 valence electrons. The molecule has 0 saturated heterocycles. The minimum atomic E-state index is 0.925. The Morgan fingerprint density at radius 1 is 0.289 bits per heavy atom. The van der Waals surface area contributed by atoms with Gasteiger partial charge >= 0.3 is 0 Å². The van der Waals surface area contributed by atoms with Gasteiger partial charge in [-0.2, -0.15) is 0 Å². The van der Waals surface area contributed by atoms with Crippen molar-refractivity contribution in [3.63, 3.8) is 0 Å². The summed E-state index contributed by atoms with van der Waals surface area (Å²) in [6.45, 7) is 0. The minimum Gasteiger partial charge on any atom is -0.398 e. The van der Waals surface area contributed by atoms with Crippen LogP contribution in [0.1, 0.15) is 0 Å². The molecule has 0 aromatic heterocycles. The van der Waals surface area contributed by atoms with Gasteiger partial charge in [-0.15, -0.1) is 0 Å². The fraction of sp³-hybridized carbons (Fsp3) is 0. The zero-order chi connectivity index (χ0) is 25.7. The number of hydrogen-bond acceptors (Lipinski definition) is 1. The highest BCUT2D eigenvalue weighted by Gasteiger charge is 2.13. The van der Waals surface area contributed by atoms with Crippen molar-refractivity contribution in [2.75, 3.05) is 4.81 Å². The van der Waals surface area contributed by atoms with Gasteiger partial charge in [-0.25, -0.2) is 0 Å². The van der Waals surface area contributed by atoms with Crippen LogP contribution in [0.15, 0.2) is 158 Å². The Bertz CT molecular complexity index is 1400. The molecule has 6 rings (SSSR count). The molecule has 0 aliphatic heterocycles. The summed E-state index contributed by atoms with van der Waals surface area (Å²) in [5.74, 6) is 0. The van der Waals surface area contributed by atoms with Gasteiger partial charge in [0, 0.05) is 11.4 Å². The van der Waals surface area contributed by atoms with E-state index in [1.807, 2.05) is 24.3 Å². The summed E-state index contributed by atoms with van der Waals surface area (Å²) in [5.41, 5.74) is 11.0. The first kappa shape index (κ1) is 23.6. The van der Waals surface area contributed by atoms with Crippen LogP contribution in [0.5, 0.6) is 0 Å². The number of anilines is 2. The van der Waals surface area contributed by atoms with E-state index in [1.165, 1.54) is 0 Å². The van der Waals surface area contributed by atoms with Crippen LogP contribution in [-0.4, -0.2) is 7.98 Å². The Kier molecular flexibility index (Phi) is 6.61.